The maximum atomic E-state index is 12.0. The monoisotopic (exact) mass is 310 g/mol. The predicted molar refractivity (Wildman–Crippen MR) is 72.9 cm³/mol. The molecule has 6 heteroatoms. The molecule has 0 aliphatic rings. The highest BCUT2D eigenvalue weighted by Gasteiger charge is 2.12. The SMILES string of the molecule is CCC(Br)CCNC(=O)c1cnn2ccncc12. The van der Waals surface area contributed by atoms with Crippen LogP contribution in [0.15, 0.2) is 24.8 Å². The zero-order chi connectivity index (χ0) is 13.0. The Balaban J connectivity index is 2.01. The number of carbonyl (C=O) groups is 1. The van der Waals surface area contributed by atoms with Gasteiger partial charge < -0.3 is 5.32 Å². The van der Waals surface area contributed by atoms with Gasteiger partial charge in [-0.05, 0) is 12.8 Å². The average molecular weight is 311 g/mol. The molecule has 0 fully saturated rings. The number of amides is 1. The van der Waals surface area contributed by atoms with Gasteiger partial charge in [0.25, 0.3) is 5.91 Å². The highest BCUT2D eigenvalue weighted by molar-refractivity contribution is 9.09. The summed E-state index contributed by atoms with van der Waals surface area (Å²) in [4.78, 5) is 16.4. The van der Waals surface area contributed by atoms with Crippen LogP contribution in [0.3, 0.4) is 0 Å². The van der Waals surface area contributed by atoms with E-state index >= 15 is 0 Å². The Morgan fingerprint density at radius 2 is 2.39 bits per heavy atom. The third kappa shape index (κ3) is 2.87. The lowest BCUT2D eigenvalue weighted by molar-refractivity contribution is 0.0955. The minimum Gasteiger partial charge on any atom is -0.352 e. The van der Waals surface area contributed by atoms with Gasteiger partial charge in [0.05, 0.1) is 23.5 Å². The molecule has 1 N–H and O–H groups in total. The Bertz CT molecular complexity index is 540. The number of nitrogens with one attached hydrogen (secondary N) is 1. The van der Waals surface area contributed by atoms with Gasteiger partial charge in [-0.1, -0.05) is 22.9 Å². The van der Waals surface area contributed by atoms with E-state index < -0.39 is 0 Å². The Kier molecular flexibility index (Phi) is 4.30. The summed E-state index contributed by atoms with van der Waals surface area (Å²) in [7, 11) is 0. The number of carbonyl (C=O) groups excluding carboxylic acids is 1. The van der Waals surface area contributed by atoms with E-state index in [1.54, 1.807) is 29.3 Å². The van der Waals surface area contributed by atoms with Crippen molar-refractivity contribution in [3.8, 4) is 0 Å². The van der Waals surface area contributed by atoms with E-state index in [1.807, 2.05) is 0 Å². The molecule has 96 valence electrons. The first-order valence-corrected chi connectivity index (χ1v) is 6.83. The molecule has 1 unspecified atom stereocenters. The molecule has 2 rings (SSSR count). The van der Waals surface area contributed by atoms with Crippen molar-refractivity contribution >= 4 is 27.4 Å². The Morgan fingerprint density at radius 3 is 3.17 bits per heavy atom. The maximum absolute atomic E-state index is 12.0. The Labute approximate surface area is 114 Å². The fraction of sp³-hybridized carbons (Fsp3) is 0.417. The molecule has 0 radical (unpaired) electrons. The van der Waals surface area contributed by atoms with Gasteiger partial charge >= 0.3 is 0 Å². The maximum Gasteiger partial charge on any atom is 0.255 e. The van der Waals surface area contributed by atoms with Crippen LogP contribution in [-0.4, -0.2) is 31.9 Å². The highest BCUT2D eigenvalue weighted by atomic mass is 79.9. The molecule has 1 amide bonds. The third-order valence-electron chi connectivity index (χ3n) is 2.76. The standard InChI is InChI=1S/C12H15BrN4O/c1-2-9(13)3-4-15-12(18)10-7-16-17-6-5-14-8-11(10)17/h5-9H,2-4H2,1H3,(H,15,18). The number of halogens is 1. The normalized spacial score (nSPS) is 12.6. The number of fused-ring (bicyclic) bond motifs is 1. The summed E-state index contributed by atoms with van der Waals surface area (Å²) in [5.74, 6) is -0.103. The van der Waals surface area contributed by atoms with Gasteiger partial charge in [0.1, 0.15) is 0 Å². The zero-order valence-electron chi connectivity index (χ0n) is 10.1. The first-order valence-electron chi connectivity index (χ1n) is 5.92. The molecule has 0 saturated carbocycles. The summed E-state index contributed by atoms with van der Waals surface area (Å²) in [5, 5.41) is 7.00. The molecule has 0 bridgehead atoms. The zero-order valence-corrected chi connectivity index (χ0v) is 11.7. The highest BCUT2D eigenvalue weighted by Crippen LogP contribution is 2.10. The fourth-order valence-electron chi connectivity index (χ4n) is 1.65. The minimum absolute atomic E-state index is 0.103. The second-order valence-corrected chi connectivity index (χ2v) is 5.31. The molecule has 0 aromatic carbocycles. The van der Waals surface area contributed by atoms with E-state index in [0.29, 0.717) is 16.9 Å². The van der Waals surface area contributed by atoms with Crippen molar-refractivity contribution in [1.82, 2.24) is 19.9 Å². The van der Waals surface area contributed by atoms with Gasteiger partial charge in [0.15, 0.2) is 0 Å². The number of rotatable bonds is 5. The first kappa shape index (κ1) is 13.0. The van der Waals surface area contributed by atoms with Crippen LogP contribution >= 0.6 is 15.9 Å². The van der Waals surface area contributed by atoms with Gasteiger partial charge in [0, 0.05) is 23.8 Å². The lowest BCUT2D eigenvalue weighted by Crippen LogP contribution is -2.25. The number of aromatic nitrogens is 3. The largest absolute Gasteiger partial charge is 0.352 e. The third-order valence-corrected chi connectivity index (χ3v) is 3.86. The van der Waals surface area contributed by atoms with Crippen molar-refractivity contribution in [2.75, 3.05) is 6.54 Å². The lowest BCUT2D eigenvalue weighted by Gasteiger charge is -2.07. The summed E-state index contributed by atoms with van der Waals surface area (Å²) in [5.41, 5.74) is 1.28. The molecule has 1 atom stereocenters. The van der Waals surface area contributed by atoms with Gasteiger partial charge in [0.2, 0.25) is 0 Å². The summed E-state index contributed by atoms with van der Waals surface area (Å²) < 4.78 is 1.64. The lowest BCUT2D eigenvalue weighted by atomic mass is 10.2. The molecule has 2 aromatic heterocycles. The van der Waals surface area contributed by atoms with Gasteiger partial charge in [-0.3, -0.25) is 9.78 Å². The van der Waals surface area contributed by atoms with E-state index in [-0.39, 0.29) is 5.91 Å². The van der Waals surface area contributed by atoms with Crippen LogP contribution in [-0.2, 0) is 0 Å². The second kappa shape index (κ2) is 5.95. The molecule has 2 heterocycles. The van der Waals surface area contributed by atoms with Crippen molar-refractivity contribution in [3.63, 3.8) is 0 Å². The smallest absolute Gasteiger partial charge is 0.255 e. The van der Waals surface area contributed by atoms with Crippen LogP contribution in [0.2, 0.25) is 0 Å². The minimum atomic E-state index is -0.103. The molecule has 0 spiro atoms. The van der Waals surface area contributed by atoms with Crippen molar-refractivity contribution in [3.05, 3.63) is 30.4 Å². The van der Waals surface area contributed by atoms with Gasteiger partial charge in [-0.15, -0.1) is 0 Å². The van der Waals surface area contributed by atoms with Crippen LogP contribution in [0, 0.1) is 0 Å². The Hall–Kier alpha value is -1.43. The van der Waals surface area contributed by atoms with Crippen molar-refractivity contribution in [1.29, 1.82) is 0 Å². The number of alkyl halides is 1. The summed E-state index contributed by atoms with van der Waals surface area (Å²) >= 11 is 3.54. The van der Waals surface area contributed by atoms with Crippen LogP contribution in [0.1, 0.15) is 30.1 Å². The summed E-state index contributed by atoms with van der Waals surface area (Å²) in [6.07, 6.45) is 8.53. The summed E-state index contributed by atoms with van der Waals surface area (Å²) in [6.45, 7) is 2.76. The van der Waals surface area contributed by atoms with Crippen molar-refractivity contribution in [2.45, 2.75) is 24.6 Å². The van der Waals surface area contributed by atoms with E-state index in [9.17, 15) is 4.79 Å². The molecule has 0 aliphatic carbocycles. The predicted octanol–water partition coefficient (Wildman–Crippen LogP) is 2.02. The topological polar surface area (TPSA) is 59.3 Å². The molecule has 5 nitrogen and oxygen atoms in total. The van der Waals surface area contributed by atoms with Gasteiger partial charge in [-0.2, -0.15) is 5.10 Å². The number of hydrogen-bond acceptors (Lipinski definition) is 3. The summed E-state index contributed by atoms with van der Waals surface area (Å²) in [6, 6.07) is 0. The first-order chi connectivity index (χ1) is 8.72. The molecular formula is C12H15BrN4O. The van der Waals surface area contributed by atoms with E-state index in [1.165, 1.54) is 0 Å². The van der Waals surface area contributed by atoms with Crippen LogP contribution in [0.5, 0.6) is 0 Å². The molecule has 2 aromatic rings. The average Bonchev–Trinajstić information content (AvgIpc) is 2.82. The van der Waals surface area contributed by atoms with Crippen molar-refractivity contribution in [2.24, 2.45) is 0 Å². The van der Waals surface area contributed by atoms with Gasteiger partial charge in [-0.25, -0.2) is 4.52 Å². The van der Waals surface area contributed by atoms with Crippen LogP contribution in [0.4, 0.5) is 0 Å². The van der Waals surface area contributed by atoms with E-state index in [0.717, 1.165) is 18.4 Å². The Morgan fingerprint density at radius 1 is 1.56 bits per heavy atom. The van der Waals surface area contributed by atoms with Crippen LogP contribution in [0.25, 0.3) is 5.52 Å². The van der Waals surface area contributed by atoms with E-state index in [4.69, 9.17) is 0 Å². The van der Waals surface area contributed by atoms with Crippen molar-refractivity contribution < 1.29 is 4.79 Å². The molecule has 0 saturated heterocycles. The van der Waals surface area contributed by atoms with E-state index in [2.05, 4.69) is 38.3 Å². The van der Waals surface area contributed by atoms with Crippen LogP contribution < -0.4 is 5.32 Å². The number of hydrogen-bond donors (Lipinski definition) is 1. The second-order valence-electron chi connectivity index (χ2n) is 4.01. The number of nitrogens with zero attached hydrogens (tertiary/aromatic N) is 3. The fourth-order valence-corrected chi connectivity index (χ4v) is 1.88. The molecular weight excluding hydrogens is 296 g/mol. The molecule has 18 heavy (non-hydrogen) atoms. The molecule has 0 aliphatic heterocycles. The quantitative estimate of drug-likeness (QED) is 0.860.